The van der Waals surface area contributed by atoms with Crippen molar-refractivity contribution < 1.29 is 4.74 Å². The lowest BCUT2D eigenvalue weighted by Gasteiger charge is -2.62. The molecule has 170 valence electrons. The second-order valence-corrected chi connectivity index (χ2v) is 14.0. The molecule has 1 nitrogen and oxygen atoms in total. The Balaban J connectivity index is 0.000000166. The van der Waals surface area contributed by atoms with Crippen LogP contribution in [0.5, 0.6) is 0 Å². The molecule has 0 radical (unpaired) electrons. The van der Waals surface area contributed by atoms with Gasteiger partial charge in [0.25, 0.3) is 0 Å². The zero-order valence-corrected chi connectivity index (χ0v) is 21.3. The van der Waals surface area contributed by atoms with Crippen molar-refractivity contribution in [1.82, 2.24) is 0 Å². The molecule has 0 aliphatic heterocycles. The summed E-state index contributed by atoms with van der Waals surface area (Å²) in [6.45, 7) is 21.0. The average molecular weight is 405 g/mol. The molecular weight excluding hydrogens is 352 g/mol. The van der Waals surface area contributed by atoms with Crippen molar-refractivity contribution in [2.45, 2.75) is 132 Å². The van der Waals surface area contributed by atoms with E-state index in [1.807, 2.05) is 0 Å². The Morgan fingerprint density at radius 2 is 1.24 bits per heavy atom. The standard InChI is InChI=1S/C14H28O.C14H24/c1-10(2)12-8-7-11(3)9-13(12)15-14(4,5)6;1-13(2,3)14-7-10-4-11(8-14)6-12(5-10)9-14/h10-13H,7-9H2,1-6H3;10-12H,4-9H2,1-3H3/t11-,12+,13-;/m1./s1. The van der Waals surface area contributed by atoms with Crippen LogP contribution in [0.25, 0.3) is 0 Å². The van der Waals surface area contributed by atoms with Crippen molar-refractivity contribution in [2.24, 2.45) is 46.3 Å². The molecule has 5 saturated carbocycles. The van der Waals surface area contributed by atoms with Gasteiger partial charge in [-0.3, -0.25) is 0 Å². The first-order valence-corrected chi connectivity index (χ1v) is 13.0. The molecule has 5 fully saturated rings. The van der Waals surface area contributed by atoms with Gasteiger partial charge in [0, 0.05) is 0 Å². The van der Waals surface area contributed by atoms with E-state index in [9.17, 15) is 0 Å². The van der Waals surface area contributed by atoms with E-state index in [2.05, 4.69) is 62.3 Å². The fourth-order valence-electron chi connectivity index (χ4n) is 7.73. The maximum Gasteiger partial charge on any atom is 0.0615 e. The lowest BCUT2D eigenvalue weighted by atomic mass is 9.43. The molecule has 0 aromatic heterocycles. The van der Waals surface area contributed by atoms with Gasteiger partial charge < -0.3 is 4.74 Å². The molecule has 0 spiro atoms. The first kappa shape index (κ1) is 23.6. The van der Waals surface area contributed by atoms with Gasteiger partial charge in [-0.25, -0.2) is 0 Å². The molecule has 5 aliphatic carbocycles. The molecule has 5 aliphatic rings. The predicted molar refractivity (Wildman–Crippen MR) is 126 cm³/mol. The number of hydrogen-bond donors (Lipinski definition) is 0. The number of hydrogen-bond acceptors (Lipinski definition) is 1. The summed E-state index contributed by atoms with van der Waals surface area (Å²) in [6.07, 6.45) is 13.9. The Kier molecular flexibility index (Phi) is 6.91. The molecule has 5 rings (SSSR count). The Morgan fingerprint density at radius 1 is 0.759 bits per heavy atom. The molecule has 0 N–H and O–H groups in total. The van der Waals surface area contributed by atoms with E-state index in [1.54, 1.807) is 38.5 Å². The van der Waals surface area contributed by atoms with E-state index in [0.717, 1.165) is 40.9 Å². The van der Waals surface area contributed by atoms with Crippen LogP contribution >= 0.6 is 0 Å². The van der Waals surface area contributed by atoms with Crippen molar-refractivity contribution in [3.05, 3.63) is 0 Å². The van der Waals surface area contributed by atoms with E-state index >= 15 is 0 Å². The molecular formula is C28H52O. The molecule has 0 aromatic carbocycles. The summed E-state index contributed by atoms with van der Waals surface area (Å²) in [6, 6.07) is 0. The Morgan fingerprint density at radius 3 is 1.62 bits per heavy atom. The van der Waals surface area contributed by atoms with Crippen LogP contribution in [0.1, 0.15) is 120 Å². The van der Waals surface area contributed by atoms with Gasteiger partial charge in [0.05, 0.1) is 11.7 Å². The van der Waals surface area contributed by atoms with Crippen LogP contribution in [-0.4, -0.2) is 11.7 Å². The second-order valence-electron chi connectivity index (χ2n) is 14.0. The largest absolute Gasteiger partial charge is 0.372 e. The van der Waals surface area contributed by atoms with Gasteiger partial charge in [-0.05, 0) is 118 Å². The zero-order chi connectivity index (χ0) is 21.6. The lowest BCUT2D eigenvalue weighted by Crippen LogP contribution is -2.51. The van der Waals surface area contributed by atoms with Crippen LogP contribution in [0.4, 0.5) is 0 Å². The monoisotopic (exact) mass is 404 g/mol. The van der Waals surface area contributed by atoms with Crippen molar-refractivity contribution in [2.75, 3.05) is 0 Å². The normalized spacial score (nSPS) is 42.0. The smallest absolute Gasteiger partial charge is 0.0615 e. The van der Waals surface area contributed by atoms with Gasteiger partial charge in [0.15, 0.2) is 0 Å². The minimum absolute atomic E-state index is 0.00880. The molecule has 0 amide bonds. The van der Waals surface area contributed by atoms with E-state index in [0.29, 0.717) is 11.5 Å². The maximum atomic E-state index is 6.22. The third-order valence-corrected chi connectivity index (χ3v) is 9.10. The number of rotatable bonds is 2. The van der Waals surface area contributed by atoms with E-state index in [1.165, 1.54) is 19.3 Å². The Labute approximate surface area is 183 Å². The third kappa shape index (κ3) is 5.61. The number of ether oxygens (including phenoxy) is 1. The van der Waals surface area contributed by atoms with Crippen LogP contribution in [0, 0.1) is 46.3 Å². The molecule has 0 heterocycles. The van der Waals surface area contributed by atoms with Crippen molar-refractivity contribution in [1.29, 1.82) is 0 Å². The first-order chi connectivity index (χ1) is 13.3. The first-order valence-electron chi connectivity index (χ1n) is 13.0. The Hall–Kier alpha value is -0.0400. The quantitative estimate of drug-likeness (QED) is 0.448. The van der Waals surface area contributed by atoms with Crippen molar-refractivity contribution >= 4 is 0 Å². The van der Waals surface area contributed by atoms with Gasteiger partial charge in [-0.15, -0.1) is 0 Å². The maximum absolute atomic E-state index is 6.22. The zero-order valence-electron chi connectivity index (χ0n) is 21.3. The summed E-state index contributed by atoms with van der Waals surface area (Å²) >= 11 is 0. The van der Waals surface area contributed by atoms with E-state index in [4.69, 9.17) is 4.74 Å². The fraction of sp³-hybridized carbons (Fsp3) is 1.00. The molecule has 0 saturated heterocycles. The topological polar surface area (TPSA) is 9.23 Å². The van der Waals surface area contributed by atoms with Crippen LogP contribution in [-0.2, 0) is 4.74 Å². The molecule has 3 atom stereocenters. The van der Waals surface area contributed by atoms with E-state index < -0.39 is 0 Å². The van der Waals surface area contributed by atoms with Gasteiger partial charge in [-0.1, -0.05) is 48.0 Å². The lowest BCUT2D eigenvalue weighted by molar-refractivity contribution is -0.114. The highest BCUT2D eigenvalue weighted by Gasteiger charge is 2.55. The fourth-order valence-corrected chi connectivity index (χ4v) is 7.73. The Bertz CT molecular complexity index is 496. The highest BCUT2D eigenvalue weighted by molar-refractivity contribution is 5.05. The third-order valence-electron chi connectivity index (χ3n) is 9.10. The molecule has 0 aromatic rings. The summed E-state index contributed by atoms with van der Waals surface area (Å²) in [5.41, 5.74) is 1.31. The van der Waals surface area contributed by atoms with Crippen LogP contribution < -0.4 is 0 Å². The van der Waals surface area contributed by atoms with Crippen LogP contribution in [0.15, 0.2) is 0 Å². The summed E-state index contributed by atoms with van der Waals surface area (Å²) in [5.74, 6) is 5.69. The average Bonchev–Trinajstić information content (AvgIpc) is 2.51. The molecule has 4 bridgehead atoms. The van der Waals surface area contributed by atoms with Gasteiger partial charge in [0.2, 0.25) is 0 Å². The van der Waals surface area contributed by atoms with Crippen molar-refractivity contribution in [3.63, 3.8) is 0 Å². The SMILES string of the molecule is CC(C)(C)C12CC3CC(CC(C3)C1)C2.CC(C)[C@@H]1CC[C@@H](C)C[C@H]1OC(C)(C)C. The molecule has 1 heteroatoms. The van der Waals surface area contributed by atoms with Crippen LogP contribution in [0.3, 0.4) is 0 Å². The highest BCUT2D eigenvalue weighted by Crippen LogP contribution is 2.65. The highest BCUT2D eigenvalue weighted by atomic mass is 16.5. The summed E-state index contributed by atoms with van der Waals surface area (Å²) in [5, 5.41) is 0. The minimum atomic E-state index is 0.00880. The summed E-state index contributed by atoms with van der Waals surface area (Å²) in [4.78, 5) is 0. The van der Waals surface area contributed by atoms with Gasteiger partial charge in [-0.2, -0.15) is 0 Å². The summed E-state index contributed by atoms with van der Waals surface area (Å²) in [7, 11) is 0. The molecule has 0 unspecified atom stereocenters. The predicted octanol–water partition coefficient (Wildman–Crippen LogP) is 8.51. The van der Waals surface area contributed by atoms with Crippen molar-refractivity contribution in [3.8, 4) is 0 Å². The molecule has 29 heavy (non-hydrogen) atoms. The minimum Gasteiger partial charge on any atom is -0.372 e. The van der Waals surface area contributed by atoms with Crippen LogP contribution in [0.2, 0.25) is 0 Å². The van der Waals surface area contributed by atoms with Gasteiger partial charge >= 0.3 is 0 Å². The second kappa shape index (κ2) is 8.48. The van der Waals surface area contributed by atoms with E-state index in [-0.39, 0.29) is 5.60 Å². The van der Waals surface area contributed by atoms with Gasteiger partial charge in [0.1, 0.15) is 0 Å². The summed E-state index contributed by atoms with van der Waals surface area (Å²) < 4.78 is 6.22.